The third kappa shape index (κ3) is 1.02. The van der Waals surface area contributed by atoms with Crippen molar-refractivity contribution in [3.05, 3.63) is 21.9 Å². The molecule has 1 heterocycles. The summed E-state index contributed by atoms with van der Waals surface area (Å²) in [5, 5.41) is 12.3. The third-order valence-electron chi connectivity index (χ3n) is 3.00. The van der Waals surface area contributed by atoms with Crippen molar-refractivity contribution in [2.45, 2.75) is 32.3 Å². The first-order chi connectivity index (χ1) is 5.63. The molecule has 0 radical (unpaired) electrons. The predicted octanol–water partition coefficient (Wildman–Crippen LogP) is 2.67. The van der Waals surface area contributed by atoms with Gasteiger partial charge in [-0.05, 0) is 42.7 Å². The first-order valence-electron chi connectivity index (χ1n) is 4.41. The summed E-state index contributed by atoms with van der Waals surface area (Å²) in [5.41, 5.74) is 0.633. The van der Waals surface area contributed by atoms with Gasteiger partial charge < -0.3 is 5.11 Å². The lowest BCUT2D eigenvalue weighted by Gasteiger charge is -2.43. The van der Waals surface area contributed by atoms with E-state index in [-0.39, 0.29) is 0 Å². The minimum Gasteiger partial charge on any atom is -0.385 e. The van der Waals surface area contributed by atoms with Gasteiger partial charge in [-0.25, -0.2) is 0 Å². The molecule has 0 amide bonds. The van der Waals surface area contributed by atoms with Crippen LogP contribution in [0, 0.1) is 12.8 Å². The van der Waals surface area contributed by atoms with Crippen molar-refractivity contribution in [1.82, 2.24) is 0 Å². The molecule has 2 rings (SSSR count). The highest BCUT2D eigenvalue weighted by molar-refractivity contribution is 7.10. The van der Waals surface area contributed by atoms with Crippen molar-refractivity contribution >= 4 is 11.3 Å². The van der Waals surface area contributed by atoms with Crippen molar-refractivity contribution in [2.24, 2.45) is 5.92 Å². The Morgan fingerprint density at radius 2 is 2.42 bits per heavy atom. The van der Waals surface area contributed by atoms with Gasteiger partial charge in [0.15, 0.2) is 0 Å². The fraction of sp³-hybridized carbons (Fsp3) is 0.600. The van der Waals surface area contributed by atoms with Crippen molar-refractivity contribution in [1.29, 1.82) is 0 Å². The molecule has 66 valence electrons. The molecule has 1 N–H and O–H groups in total. The van der Waals surface area contributed by atoms with Crippen LogP contribution in [0.3, 0.4) is 0 Å². The van der Waals surface area contributed by atoms with Gasteiger partial charge in [-0.1, -0.05) is 6.92 Å². The molecular formula is C10H14OS. The van der Waals surface area contributed by atoms with Gasteiger partial charge in [-0.15, -0.1) is 11.3 Å². The molecule has 1 fully saturated rings. The Morgan fingerprint density at radius 1 is 1.67 bits per heavy atom. The maximum Gasteiger partial charge on any atom is 0.0930 e. The molecule has 0 bridgehead atoms. The van der Waals surface area contributed by atoms with Gasteiger partial charge in [0.25, 0.3) is 0 Å². The minimum atomic E-state index is -0.495. The average molecular weight is 182 g/mol. The number of rotatable bonds is 1. The third-order valence-corrected chi connectivity index (χ3v) is 3.87. The Bertz CT molecular complexity index is 292. The molecule has 0 saturated heterocycles. The summed E-state index contributed by atoms with van der Waals surface area (Å²) in [5.74, 6) is 0.437. The van der Waals surface area contributed by atoms with Gasteiger partial charge in [0, 0.05) is 4.88 Å². The van der Waals surface area contributed by atoms with E-state index in [4.69, 9.17) is 0 Å². The number of aryl methyl sites for hydroxylation is 1. The van der Waals surface area contributed by atoms with E-state index in [1.165, 1.54) is 4.88 Å². The zero-order valence-corrected chi connectivity index (χ0v) is 8.32. The number of thiophene rings is 1. The van der Waals surface area contributed by atoms with Crippen LogP contribution >= 0.6 is 11.3 Å². The van der Waals surface area contributed by atoms with Gasteiger partial charge in [-0.2, -0.15) is 0 Å². The van der Waals surface area contributed by atoms with E-state index in [0.717, 1.165) is 18.4 Å². The molecule has 0 aliphatic heterocycles. The summed E-state index contributed by atoms with van der Waals surface area (Å²) in [7, 11) is 0. The molecule has 2 unspecified atom stereocenters. The average Bonchev–Trinajstić information content (AvgIpc) is 2.47. The fourth-order valence-electron chi connectivity index (χ4n) is 1.81. The highest BCUT2D eigenvalue weighted by Crippen LogP contribution is 2.47. The van der Waals surface area contributed by atoms with Gasteiger partial charge in [0.2, 0.25) is 0 Å². The normalized spacial score (nSPS) is 34.8. The summed E-state index contributed by atoms with van der Waals surface area (Å²) in [6.45, 7) is 4.21. The lowest BCUT2D eigenvalue weighted by atomic mass is 9.67. The molecule has 12 heavy (non-hydrogen) atoms. The Morgan fingerprint density at radius 3 is 2.75 bits per heavy atom. The molecule has 1 aliphatic rings. The van der Waals surface area contributed by atoms with Crippen LogP contribution in [0.5, 0.6) is 0 Å². The standard InChI is InChI=1S/C10H14OS/c1-7-3-4-10(7,11)9-5-8(2)12-6-9/h5-7,11H,3-4H2,1-2H3. The lowest BCUT2D eigenvalue weighted by molar-refractivity contribution is -0.0927. The van der Waals surface area contributed by atoms with Crippen molar-refractivity contribution in [3.63, 3.8) is 0 Å². The number of hydrogen-bond donors (Lipinski definition) is 1. The summed E-state index contributed by atoms with van der Waals surface area (Å²) >= 11 is 1.72. The van der Waals surface area contributed by atoms with Gasteiger partial charge >= 0.3 is 0 Å². The highest BCUT2D eigenvalue weighted by atomic mass is 32.1. The molecule has 2 atom stereocenters. The Hall–Kier alpha value is -0.340. The molecule has 1 aromatic heterocycles. The Labute approximate surface area is 77.0 Å². The zero-order chi connectivity index (χ0) is 8.77. The Kier molecular flexibility index (Phi) is 1.77. The van der Waals surface area contributed by atoms with E-state index in [0.29, 0.717) is 5.92 Å². The van der Waals surface area contributed by atoms with E-state index in [2.05, 4.69) is 25.3 Å². The van der Waals surface area contributed by atoms with Crippen LogP contribution in [0.25, 0.3) is 0 Å². The molecule has 2 heteroatoms. The van der Waals surface area contributed by atoms with E-state index in [1.807, 2.05) is 0 Å². The first kappa shape index (κ1) is 8.27. The second kappa shape index (κ2) is 2.57. The lowest BCUT2D eigenvalue weighted by Crippen LogP contribution is -2.42. The van der Waals surface area contributed by atoms with Crippen LogP contribution in [0.2, 0.25) is 0 Å². The summed E-state index contributed by atoms with van der Waals surface area (Å²) < 4.78 is 0. The van der Waals surface area contributed by atoms with E-state index in [1.54, 1.807) is 11.3 Å². The number of aliphatic hydroxyl groups is 1. The highest BCUT2D eigenvalue weighted by Gasteiger charge is 2.43. The quantitative estimate of drug-likeness (QED) is 0.708. The smallest absolute Gasteiger partial charge is 0.0930 e. The van der Waals surface area contributed by atoms with Crippen molar-refractivity contribution in [2.75, 3.05) is 0 Å². The predicted molar refractivity (Wildman–Crippen MR) is 51.4 cm³/mol. The van der Waals surface area contributed by atoms with E-state index >= 15 is 0 Å². The summed E-state index contributed by atoms with van der Waals surface area (Å²) in [4.78, 5) is 1.29. The topological polar surface area (TPSA) is 20.2 Å². The molecule has 1 aliphatic carbocycles. The minimum absolute atomic E-state index is 0.437. The second-order valence-corrected chi connectivity index (χ2v) is 4.93. The Balaban J connectivity index is 2.30. The first-order valence-corrected chi connectivity index (χ1v) is 5.29. The van der Waals surface area contributed by atoms with E-state index < -0.39 is 5.60 Å². The largest absolute Gasteiger partial charge is 0.385 e. The van der Waals surface area contributed by atoms with Crippen LogP contribution in [0.1, 0.15) is 30.2 Å². The van der Waals surface area contributed by atoms with Crippen LogP contribution in [-0.4, -0.2) is 5.11 Å². The van der Waals surface area contributed by atoms with Gasteiger partial charge in [-0.3, -0.25) is 0 Å². The van der Waals surface area contributed by atoms with Crippen LogP contribution < -0.4 is 0 Å². The zero-order valence-electron chi connectivity index (χ0n) is 7.50. The molecule has 1 aromatic rings. The maximum atomic E-state index is 10.2. The molecular weight excluding hydrogens is 168 g/mol. The van der Waals surface area contributed by atoms with Gasteiger partial charge in [0.05, 0.1) is 5.60 Å². The fourth-order valence-corrected chi connectivity index (χ4v) is 2.59. The van der Waals surface area contributed by atoms with Crippen LogP contribution in [0.15, 0.2) is 11.4 Å². The molecule has 0 aromatic carbocycles. The SMILES string of the molecule is Cc1cc(C2(O)CCC2C)cs1. The molecule has 0 spiro atoms. The number of hydrogen-bond acceptors (Lipinski definition) is 2. The monoisotopic (exact) mass is 182 g/mol. The van der Waals surface area contributed by atoms with Crippen LogP contribution in [0.4, 0.5) is 0 Å². The molecule has 1 saturated carbocycles. The van der Waals surface area contributed by atoms with Crippen LogP contribution in [-0.2, 0) is 5.60 Å². The van der Waals surface area contributed by atoms with Crippen molar-refractivity contribution in [3.8, 4) is 0 Å². The van der Waals surface area contributed by atoms with Gasteiger partial charge in [0.1, 0.15) is 0 Å². The summed E-state index contributed by atoms with van der Waals surface area (Å²) in [6.07, 6.45) is 2.09. The van der Waals surface area contributed by atoms with Crippen molar-refractivity contribution < 1.29 is 5.11 Å². The molecule has 1 nitrogen and oxygen atoms in total. The van der Waals surface area contributed by atoms with E-state index in [9.17, 15) is 5.11 Å². The summed E-state index contributed by atoms with van der Waals surface area (Å²) in [6, 6.07) is 2.11. The second-order valence-electron chi connectivity index (χ2n) is 3.81. The maximum absolute atomic E-state index is 10.2.